The van der Waals surface area contributed by atoms with Crippen LogP contribution in [0.4, 0.5) is 0 Å². The van der Waals surface area contributed by atoms with Crippen molar-refractivity contribution in [2.24, 2.45) is 0 Å². The number of aliphatic hydroxyl groups excluding tert-OH is 1. The first kappa shape index (κ1) is 15.2. The second-order valence-corrected chi connectivity index (χ2v) is 5.32. The van der Waals surface area contributed by atoms with E-state index in [0.29, 0.717) is 0 Å². The maximum absolute atomic E-state index is 10.2. The molecule has 2 atom stereocenters. The highest BCUT2D eigenvalue weighted by atomic mass is 16.3. The van der Waals surface area contributed by atoms with Gasteiger partial charge in [0.05, 0.1) is 6.10 Å². The summed E-state index contributed by atoms with van der Waals surface area (Å²) in [7, 11) is 0. The van der Waals surface area contributed by atoms with Crippen molar-refractivity contribution in [3.05, 3.63) is 35.9 Å². The molecule has 0 amide bonds. The van der Waals surface area contributed by atoms with Gasteiger partial charge < -0.3 is 5.11 Å². The van der Waals surface area contributed by atoms with Crippen molar-refractivity contribution in [2.75, 3.05) is 0 Å². The summed E-state index contributed by atoms with van der Waals surface area (Å²) >= 11 is 0. The Kier molecular flexibility index (Phi) is 7.75. The van der Waals surface area contributed by atoms with Gasteiger partial charge in [0, 0.05) is 5.92 Å². The van der Waals surface area contributed by atoms with Crippen LogP contribution in [0.3, 0.4) is 0 Å². The van der Waals surface area contributed by atoms with Crippen molar-refractivity contribution in [3.63, 3.8) is 0 Å². The van der Waals surface area contributed by atoms with Gasteiger partial charge in [-0.05, 0) is 12.0 Å². The summed E-state index contributed by atoms with van der Waals surface area (Å²) in [6, 6.07) is 10.3. The molecule has 0 aromatic heterocycles. The van der Waals surface area contributed by atoms with E-state index in [2.05, 4.69) is 26.0 Å². The molecule has 1 aromatic rings. The van der Waals surface area contributed by atoms with Crippen molar-refractivity contribution in [1.29, 1.82) is 0 Å². The Morgan fingerprint density at radius 1 is 0.944 bits per heavy atom. The molecule has 0 aliphatic rings. The molecule has 0 bridgehead atoms. The number of unbranched alkanes of at least 4 members (excludes halogenated alkanes) is 5. The first-order valence-corrected chi connectivity index (χ1v) is 7.48. The number of hydrogen-bond donors (Lipinski definition) is 1. The summed E-state index contributed by atoms with van der Waals surface area (Å²) in [5.74, 6) is 0.252. The van der Waals surface area contributed by atoms with Crippen LogP contribution in [-0.4, -0.2) is 11.2 Å². The van der Waals surface area contributed by atoms with Crippen LogP contribution < -0.4 is 0 Å². The van der Waals surface area contributed by atoms with Gasteiger partial charge in [-0.25, -0.2) is 0 Å². The van der Waals surface area contributed by atoms with Crippen LogP contribution in [-0.2, 0) is 0 Å². The van der Waals surface area contributed by atoms with Gasteiger partial charge in [0.2, 0.25) is 0 Å². The molecular formula is C17H28O. The monoisotopic (exact) mass is 248 g/mol. The molecule has 0 aliphatic heterocycles. The van der Waals surface area contributed by atoms with Gasteiger partial charge in [-0.3, -0.25) is 0 Å². The third kappa shape index (κ3) is 5.68. The van der Waals surface area contributed by atoms with Crippen molar-refractivity contribution in [2.45, 2.75) is 70.8 Å². The topological polar surface area (TPSA) is 20.2 Å². The van der Waals surface area contributed by atoms with Crippen LogP contribution in [0.5, 0.6) is 0 Å². The molecule has 0 saturated heterocycles. The number of hydrogen-bond acceptors (Lipinski definition) is 1. The van der Waals surface area contributed by atoms with Gasteiger partial charge in [-0.15, -0.1) is 0 Å². The van der Waals surface area contributed by atoms with Crippen LogP contribution in [0, 0.1) is 0 Å². The van der Waals surface area contributed by atoms with Gasteiger partial charge in [0.25, 0.3) is 0 Å². The van der Waals surface area contributed by atoms with Crippen molar-refractivity contribution >= 4 is 0 Å². The van der Waals surface area contributed by atoms with E-state index in [1.165, 1.54) is 37.7 Å². The lowest BCUT2D eigenvalue weighted by Crippen LogP contribution is -2.15. The summed E-state index contributed by atoms with van der Waals surface area (Å²) in [4.78, 5) is 0. The molecular weight excluding hydrogens is 220 g/mol. The molecule has 1 N–H and O–H groups in total. The first-order chi connectivity index (χ1) is 8.75. The maximum atomic E-state index is 10.2. The molecule has 1 aromatic carbocycles. The number of benzene rings is 1. The Morgan fingerprint density at radius 3 is 2.22 bits per heavy atom. The first-order valence-electron chi connectivity index (χ1n) is 7.48. The Bertz CT molecular complexity index is 294. The molecule has 0 aliphatic carbocycles. The third-order valence-electron chi connectivity index (χ3n) is 3.76. The van der Waals surface area contributed by atoms with E-state index in [9.17, 15) is 5.11 Å². The molecule has 1 rings (SSSR count). The molecule has 2 unspecified atom stereocenters. The quantitative estimate of drug-likeness (QED) is 0.616. The summed E-state index contributed by atoms with van der Waals surface area (Å²) in [5.41, 5.74) is 1.25. The third-order valence-corrected chi connectivity index (χ3v) is 3.76. The molecule has 0 heterocycles. The minimum Gasteiger partial charge on any atom is -0.393 e. The largest absolute Gasteiger partial charge is 0.393 e. The normalized spacial score (nSPS) is 14.4. The zero-order chi connectivity index (χ0) is 13.2. The summed E-state index contributed by atoms with van der Waals surface area (Å²) in [5, 5.41) is 10.2. The average Bonchev–Trinajstić information content (AvgIpc) is 2.42. The van der Waals surface area contributed by atoms with Crippen molar-refractivity contribution in [1.82, 2.24) is 0 Å². The van der Waals surface area contributed by atoms with Gasteiger partial charge in [-0.2, -0.15) is 0 Å². The van der Waals surface area contributed by atoms with E-state index in [1.54, 1.807) is 0 Å². The van der Waals surface area contributed by atoms with Gasteiger partial charge >= 0.3 is 0 Å². The molecule has 0 radical (unpaired) electrons. The van der Waals surface area contributed by atoms with Crippen LogP contribution in [0.15, 0.2) is 30.3 Å². The molecule has 18 heavy (non-hydrogen) atoms. The van der Waals surface area contributed by atoms with Crippen LogP contribution >= 0.6 is 0 Å². The van der Waals surface area contributed by atoms with Crippen LogP contribution in [0.2, 0.25) is 0 Å². The van der Waals surface area contributed by atoms with Gasteiger partial charge in [-0.1, -0.05) is 82.7 Å². The zero-order valence-corrected chi connectivity index (χ0v) is 11.9. The summed E-state index contributed by atoms with van der Waals surface area (Å²) in [6.07, 6.45) is 8.47. The van der Waals surface area contributed by atoms with Crippen molar-refractivity contribution in [3.8, 4) is 0 Å². The predicted molar refractivity (Wildman–Crippen MR) is 78.9 cm³/mol. The van der Waals surface area contributed by atoms with E-state index < -0.39 is 0 Å². The highest BCUT2D eigenvalue weighted by Gasteiger charge is 2.15. The van der Waals surface area contributed by atoms with E-state index >= 15 is 0 Å². The predicted octanol–water partition coefficient (Wildman–Crippen LogP) is 4.90. The average molecular weight is 248 g/mol. The maximum Gasteiger partial charge on any atom is 0.0606 e. The van der Waals surface area contributed by atoms with E-state index in [1.807, 2.05) is 18.2 Å². The Balaban J connectivity index is 2.18. The number of aliphatic hydroxyl groups is 1. The highest BCUT2D eigenvalue weighted by Crippen LogP contribution is 2.22. The standard InChI is InChI=1S/C17H28O/c1-3-4-5-6-7-11-14-17(18)15(2)16-12-9-8-10-13-16/h8-10,12-13,15,17-18H,3-7,11,14H2,1-2H3. The Morgan fingerprint density at radius 2 is 1.56 bits per heavy atom. The molecule has 0 saturated carbocycles. The minimum atomic E-state index is -0.196. The molecule has 102 valence electrons. The summed E-state index contributed by atoms with van der Waals surface area (Å²) < 4.78 is 0. The van der Waals surface area contributed by atoms with E-state index in [0.717, 1.165) is 12.8 Å². The zero-order valence-electron chi connectivity index (χ0n) is 11.9. The second-order valence-electron chi connectivity index (χ2n) is 5.32. The summed E-state index contributed by atoms with van der Waals surface area (Å²) in [6.45, 7) is 4.36. The van der Waals surface area contributed by atoms with Crippen LogP contribution in [0.1, 0.15) is 70.3 Å². The fraction of sp³-hybridized carbons (Fsp3) is 0.647. The molecule has 1 heteroatoms. The lowest BCUT2D eigenvalue weighted by Gasteiger charge is -2.19. The number of rotatable bonds is 9. The Labute approximate surface area is 112 Å². The fourth-order valence-corrected chi connectivity index (χ4v) is 2.36. The molecule has 0 fully saturated rings. The fourth-order valence-electron chi connectivity index (χ4n) is 2.36. The lowest BCUT2D eigenvalue weighted by molar-refractivity contribution is 0.136. The lowest BCUT2D eigenvalue weighted by atomic mass is 9.92. The molecule has 1 nitrogen and oxygen atoms in total. The van der Waals surface area contributed by atoms with Gasteiger partial charge in [0.1, 0.15) is 0 Å². The van der Waals surface area contributed by atoms with E-state index in [4.69, 9.17) is 0 Å². The van der Waals surface area contributed by atoms with Gasteiger partial charge in [0.15, 0.2) is 0 Å². The SMILES string of the molecule is CCCCCCCCC(O)C(C)c1ccccc1. The van der Waals surface area contributed by atoms with E-state index in [-0.39, 0.29) is 12.0 Å². The second kappa shape index (κ2) is 9.16. The Hall–Kier alpha value is -0.820. The smallest absolute Gasteiger partial charge is 0.0606 e. The minimum absolute atomic E-state index is 0.196. The van der Waals surface area contributed by atoms with Crippen LogP contribution in [0.25, 0.3) is 0 Å². The van der Waals surface area contributed by atoms with Crippen molar-refractivity contribution < 1.29 is 5.11 Å². The highest BCUT2D eigenvalue weighted by molar-refractivity contribution is 5.19. The molecule has 0 spiro atoms.